The van der Waals surface area contributed by atoms with Crippen LogP contribution < -0.4 is 10.6 Å². The summed E-state index contributed by atoms with van der Waals surface area (Å²) in [6, 6.07) is 9.83. The average molecular weight is 357 g/mol. The lowest BCUT2D eigenvalue weighted by Gasteiger charge is -2.21. The highest BCUT2D eigenvalue weighted by molar-refractivity contribution is 5.98. The number of para-hydroxylation sites is 1. The van der Waals surface area contributed by atoms with Crippen molar-refractivity contribution in [3.63, 3.8) is 0 Å². The summed E-state index contributed by atoms with van der Waals surface area (Å²) in [6.07, 6.45) is 2.17. The predicted molar refractivity (Wildman–Crippen MR) is 97.7 cm³/mol. The van der Waals surface area contributed by atoms with E-state index in [1.165, 1.54) is 24.3 Å². The number of nitrogens with zero attached hydrogens (tertiary/aromatic N) is 1. The number of aryl methyl sites for hydroxylation is 1. The van der Waals surface area contributed by atoms with E-state index in [1.807, 2.05) is 31.2 Å². The summed E-state index contributed by atoms with van der Waals surface area (Å²) >= 11 is 0. The maximum atomic E-state index is 12.4. The molecule has 0 saturated heterocycles. The lowest BCUT2D eigenvalue weighted by molar-refractivity contribution is -0.134. The van der Waals surface area contributed by atoms with E-state index in [2.05, 4.69) is 10.6 Å². The fourth-order valence-corrected chi connectivity index (χ4v) is 2.50. The summed E-state index contributed by atoms with van der Waals surface area (Å²) < 4.78 is 4.99. The van der Waals surface area contributed by atoms with E-state index >= 15 is 0 Å². The number of likely N-dealkylation sites (N-methyl/N-ethyl adjacent to an activating group) is 1. The number of carbonyl (C=O) groups excluding carboxylic acids is 3. The van der Waals surface area contributed by atoms with Crippen LogP contribution in [0.4, 0.5) is 5.69 Å². The van der Waals surface area contributed by atoms with Gasteiger partial charge in [0.05, 0.1) is 12.8 Å². The van der Waals surface area contributed by atoms with Gasteiger partial charge in [-0.05, 0) is 37.1 Å². The Morgan fingerprint density at radius 1 is 1.15 bits per heavy atom. The predicted octanol–water partition coefficient (Wildman–Crippen LogP) is 2.06. The van der Waals surface area contributed by atoms with Crippen molar-refractivity contribution in [3.8, 4) is 0 Å². The van der Waals surface area contributed by atoms with Gasteiger partial charge in [-0.1, -0.05) is 25.1 Å². The van der Waals surface area contributed by atoms with Crippen LogP contribution in [0.15, 0.2) is 47.1 Å². The van der Waals surface area contributed by atoms with Crippen LogP contribution >= 0.6 is 0 Å². The third kappa shape index (κ3) is 4.95. The summed E-state index contributed by atoms with van der Waals surface area (Å²) in [4.78, 5) is 37.8. The molecule has 3 amide bonds. The first-order valence-corrected chi connectivity index (χ1v) is 8.39. The maximum Gasteiger partial charge on any atom is 0.287 e. The molecule has 26 heavy (non-hydrogen) atoms. The normalized spacial score (nSPS) is 11.5. The van der Waals surface area contributed by atoms with Crippen LogP contribution in [-0.4, -0.2) is 42.3 Å². The Balaban J connectivity index is 1.89. The first-order chi connectivity index (χ1) is 12.4. The van der Waals surface area contributed by atoms with E-state index in [4.69, 9.17) is 4.42 Å². The summed E-state index contributed by atoms with van der Waals surface area (Å²) in [5.41, 5.74) is 1.76. The second-order valence-corrected chi connectivity index (χ2v) is 5.93. The molecule has 0 bridgehead atoms. The molecule has 138 valence electrons. The van der Waals surface area contributed by atoms with Gasteiger partial charge in [-0.25, -0.2) is 0 Å². The van der Waals surface area contributed by atoms with E-state index in [9.17, 15) is 14.4 Å². The SMILES string of the molecule is CCc1ccccc1NC(=O)CN(C)C(=O)C(C)NC(=O)c1ccco1. The van der Waals surface area contributed by atoms with Crippen molar-refractivity contribution in [2.24, 2.45) is 0 Å². The van der Waals surface area contributed by atoms with Gasteiger partial charge in [-0.3, -0.25) is 14.4 Å². The van der Waals surface area contributed by atoms with Crippen molar-refractivity contribution in [2.75, 3.05) is 18.9 Å². The van der Waals surface area contributed by atoms with Gasteiger partial charge in [-0.2, -0.15) is 0 Å². The number of hydrogen-bond donors (Lipinski definition) is 2. The Morgan fingerprint density at radius 2 is 1.88 bits per heavy atom. The first kappa shape index (κ1) is 19.2. The van der Waals surface area contributed by atoms with E-state index in [0.29, 0.717) is 0 Å². The number of nitrogens with one attached hydrogen (secondary N) is 2. The van der Waals surface area contributed by atoms with Gasteiger partial charge in [-0.15, -0.1) is 0 Å². The van der Waals surface area contributed by atoms with Crippen molar-refractivity contribution < 1.29 is 18.8 Å². The van der Waals surface area contributed by atoms with E-state index in [1.54, 1.807) is 13.0 Å². The summed E-state index contributed by atoms with van der Waals surface area (Å²) in [6.45, 7) is 3.45. The van der Waals surface area contributed by atoms with Crippen LogP contribution in [0.2, 0.25) is 0 Å². The quantitative estimate of drug-likeness (QED) is 0.793. The molecule has 2 aromatic rings. The van der Waals surface area contributed by atoms with Crippen LogP contribution in [0.5, 0.6) is 0 Å². The Hall–Kier alpha value is -3.09. The van der Waals surface area contributed by atoms with Gasteiger partial charge < -0.3 is 20.0 Å². The molecular formula is C19H23N3O4. The molecule has 1 atom stereocenters. The van der Waals surface area contributed by atoms with Crippen molar-refractivity contribution >= 4 is 23.4 Å². The summed E-state index contributed by atoms with van der Waals surface area (Å²) in [7, 11) is 1.52. The summed E-state index contributed by atoms with van der Waals surface area (Å²) in [5.74, 6) is -1.03. The highest BCUT2D eigenvalue weighted by Gasteiger charge is 2.22. The molecular weight excluding hydrogens is 334 g/mol. The van der Waals surface area contributed by atoms with Crippen LogP contribution in [0.1, 0.15) is 30.0 Å². The first-order valence-electron chi connectivity index (χ1n) is 8.39. The molecule has 0 aliphatic carbocycles. The maximum absolute atomic E-state index is 12.4. The molecule has 7 nitrogen and oxygen atoms in total. The Kier molecular flexibility index (Phi) is 6.54. The number of amides is 3. The lowest BCUT2D eigenvalue weighted by atomic mass is 10.1. The van der Waals surface area contributed by atoms with E-state index in [-0.39, 0.29) is 24.1 Å². The molecule has 0 radical (unpaired) electrons. The van der Waals surface area contributed by atoms with Gasteiger partial charge >= 0.3 is 0 Å². The molecule has 1 aromatic carbocycles. The van der Waals surface area contributed by atoms with Gasteiger partial charge in [0.15, 0.2) is 5.76 Å². The minimum absolute atomic E-state index is 0.113. The van der Waals surface area contributed by atoms with Gasteiger partial charge in [0, 0.05) is 12.7 Å². The van der Waals surface area contributed by atoms with Crippen LogP contribution in [0.3, 0.4) is 0 Å². The topological polar surface area (TPSA) is 91.7 Å². The second-order valence-electron chi connectivity index (χ2n) is 5.93. The standard InChI is InChI=1S/C19H23N3O4/c1-4-14-8-5-6-9-15(14)21-17(23)12-22(3)19(25)13(2)20-18(24)16-10-7-11-26-16/h5-11,13H,4,12H2,1-3H3,(H,20,24)(H,21,23). The molecule has 2 rings (SSSR count). The Morgan fingerprint density at radius 3 is 2.54 bits per heavy atom. The minimum Gasteiger partial charge on any atom is -0.459 e. The number of rotatable bonds is 7. The zero-order valence-electron chi connectivity index (χ0n) is 15.1. The summed E-state index contributed by atoms with van der Waals surface area (Å²) in [5, 5.41) is 5.36. The van der Waals surface area contributed by atoms with Crippen LogP contribution in [-0.2, 0) is 16.0 Å². The molecule has 1 aromatic heterocycles. The highest BCUT2D eigenvalue weighted by atomic mass is 16.3. The zero-order valence-corrected chi connectivity index (χ0v) is 15.1. The van der Waals surface area contributed by atoms with Gasteiger partial charge in [0.2, 0.25) is 11.8 Å². The lowest BCUT2D eigenvalue weighted by Crippen LogP contribution is -2.47. The number of carbonyl (C=O) groups is 3. The van der Waals surface area contributed by atoms with Crippen molar-refractivity contribution in [1.29, 1.82) is 0 Å². The Bertz CT molecular complexity index is 771. The van der Waals surface area contributed by atoms with Crippen LogP contribution in [0, 0.1) is 0 Å². The highest BCUT2D eigenvalue weighted by Crippen LogP contribution is 2.15. The van der Waals surface area contributed by atoms with Crippen molar-refractivity contribution in [3.05, 3.63) is 54.0 Å². The van der Waals surface area contributed by atoms with E-state index in [0.717, 1.165) is 17.7 Å². The molecule has 0 aliphatic heterocycles. The fourth-order valence-electron chi connectivity index (χ4n) is 2.50. The molecule has 0 aliphatic rings. The third-order valence-electron chi connectivity index (χ3n) is 3.89. The molecule has 1 unspecified atom stereocenters. The fraction of sp³-hybridized carbons (Fsp3) is 0.316. The van der Waals surface area contributed by atoms with Crippen molar-refractivity contribution in [1.82, 2.24) is 10.2 Å². The zero-order chi connectivity index (χ0) is 19.1. The molecule has 0 spiro atoms. The number of hydrogen-bond acceptors (Lipinski definition) is 4. The molecule has 2 N–H and O–H groups in total. The minimum atomic E-state index is -0.784. The third-order valence-corrected chi connectivity index (χ3v) is 3.89. The number of anilines is 1. The monoisotopic (exact) mass is 357 g/mol. The molecule has 0 saturated carbocycles. The number of benzene rings is 1. The largest absolute Gasteiger partial charge is 0.459 e. The molecule has 7 heteroatoms. The second kappa shape index (κ2) is 8.84. The van der Waals surface area contributed by atoms with Gasteiger partial charge in [0.1, 0.15) is 6.04 Å². The van der Waals surface area contributed by atoms with Gasteiger partial charge in [0.25, 0.3) is 5.91 Å². The van der Waals surface area contributed by atoms with E-state index < -0.39 is 11.9 Å². The Labute approximate surface area is 152 Å². The number of furan rings is 1. The smallest absolute Gasteiger partial charge is 0.287 e. The van der Waals surface area contributed by atoms with Crippen LogP contribution in [0.25, 0.3) is 0 Å². The molecule has 1 heterocycles. The molecule has 0 fully saturated rings. The average Bonchev–Trinajstić information content (AvgIpc) is 3.16. The van der Waals surface area contributed by atoms with Crippen molar-refractivity contribution in [2.45, 2.75) is 26.3 Å².